The molecule has 2 heterocycles. The van der Waals surface area contributed by atoms with Crippen molar-refractivity contribution in [2.75, 3.05) is 36.5 Å². The number of hydrogen-bond donors (Lipinski definition) is 1. The third-order valence-electron chi connectivity index (χ3n) is 5.95. The van der Waals surface area contributed by atoms with E-state index in [0.717, 1.165) is 36.1 Å². The predicted octanol–water partition coefficient (Wildman–Crippen LogP) is 7.08. The number of aromatic nitrogens is 2. The number of morpholine rings is 1. The van der Waals surface area contributed by atoms with Crippen LogP contribution in [0.25, 0.3) is 0 Å². The van der Waals surface area contributed by atoms with E-state index >= 15 is 0 Å². The van der Waals surface area contributed by atoms with E-state index in [1.54, 1.807) is 10.8 Å². The highest BCUT2D eigenvalue weighted by molar-refractivity contribution is 5.66. The zero-order chi connectivity index (χ0) is 28.2. The van der Waals surface area contributed by atoms with Gasteiger partial charge >= 0.3 is 0 Å². The number of aryl methyl sites for hydroxylation is 2. The summed E-state index contributed by atoms with van der Waals surface area (Å²) in [6, 6.07) is 6.01. The summed E-state index contributed by atoms with van der Waals surface area (Å²) in [6.07, 6.45) is 4.17. The van der Waals surface area contributed by atoms with Gasteiger partial charge in [0.15, 0.2) is 11.7 Å². The molecule has 208 valence electrons. The van der Waals surface area contributed by atoms with Gasteiger partial charge in [0.2, 0.25) is 5.95 Å². The van der Waals surface area contributed by atoms with Crippen LogP contribution in [0.2, 0.25) is 0 Å². The summed E-state index contributed by atoms with van der Waals surface area (Å²) in [4.78, 5) is 19.0. The molecule has 0 radical (unpaired) electrons. The van der Waals surface area contributed by atoms with Crippen molar-refractivity contribution < 1.29 is 17.9 Å². The molecule has 0 bridgehead atoms. The van der Waals surface area contributed by atoms with E-state index in [4.69, 9.17) is 4.74 Å². The first-order chi connectivity index (χ1) is 18.4. The maximum Gasteiger partial charge on any atom is 0.277 e. The van der Waals surface area contributed by atoms with Crippen LogP contribution in [0.4, 0.5) is 30.5 Å². The number of hydrogen-bond acceptors (Lipinski definition) is 5. The molecular weight excluding hydrogens is 493 g/mol. The Kier molecular flexibility index (Phi) is 12.3. The number of halogens is 3. The van der Waals surface area contributed by atoms with Crippen LogP contribution < -0.4 is 15.8 Å². The van der Waals surface area contributed by atoms with Crippen LogP contribution in [-0.4, -0.2) is 35.9 Å². The molecule has 1 aliphatic heterocycles. The molecule has 38 heavy (non-hydrogen) atoms. The van der Waals surface area contributed by atoms with Gasteiger partial charge in [-0.1, -0.05) is 46.8 Å². The summed E-state index contributed by atoms with van der Waals surface area (Å²) in [6.45, 7) is 14.7. The number of rotatable bonds is 6. The second-order valence-electron chi connectivity index (χ2n) is 8.29. The monoisotopic (exact) mass is 532 g/mol. The average Bonchev–Trinajstić information content (AvgIpc) is 3.07. The van der Waals surface area contributed by atoms with E-state index < -0.39 is 17.5 Å². The van der Waals surface area contributed by atoms with Gasteiger partial charge in [0.05, 0.1) is 19.8 Å². The van der Waals surface area contributed by atoms with Crippen molar-refractivity contribution in [2.24, 2.45) is 0 Å². The average molecular weight is 533 g/mol. The van der Waals surface area contributed by atoms with E-state index in [1.807, 2.05) is 59.7 Å². The van der Waals surface area contributed by atoms with Gasteiger partial charge in [0.25, 0.3) is 5.56 Å². The number of anilines is 3. The third-order valence-corrected chi connectivity index (χ3v) is 5.95. The topological polar surface area (TPSA) is 59.4 Å². The summed E-state index contributed by atoms with van der Waals surface area (Å²) >= 11 is 0. The van der Waals surface area contributed by atoms with Crippen LogP contribution in [0.3, 0.4) is 0 Å². The standard InChI is InChI=1S/C25H27F3N4O2.2C2H6/c1-3-18-15-32(14-17-5-7-20(26)23(28)21(27)12-17)25(30-24(18)33)29-22-13-19(6-4-16(22)2)31-8-10-34-11-9-31;2*1-2/h4-6,12-13,15H,3,7-11,14H2,1-2H3,(H,29,30,33);2*1-2H3. The van der Waals surface area contributed by atoms with Gasteiger partial charge in [-0.25, -0.2) is 13.2 Å². The summed E-state index contributed by atoms with van der Waals surface area (Å²) in [5, 5.41) is 3.24. The molecule has 0 atom stereocenters. The first-order valence-electron chi connectivity index (χ1n) is 13.3. The second kappa shape index (κ2) is 15.2. The smallest absolute Gasteiger partial charge is 0.277 e. The maximum absolute atomic E-state index is 14.0. The summed E-state index contributed by atoms with van der Waals surface area (Å²) in [5.74, 6) is -3.62. The Morgan fingerprint density at radius 1 is 1.08 bits per heavy atom. The quantitative estimate of drug-likeness (QED) is 0.431. The van der Waals surface area contributed by atoms with Gasteiger partial charge in [-0.15, -0.1) is 0 Å². The van der Waals surface area contributed by atoms with Gasteiger partial charge in [0.1, 0.15) is 5.83 Å². The van der Waals surface area contributed by atoms with Crippen molar-refractivity contribution in [3.05, 3.63) is 81.1 Å². The number of benzene rings is 1. The van der Waals surface area contributed by atoms with E-state index in [9.17, 15) is 18.0 Å². The molecule has 2 aliphatic rings. The Morgan fingerprint density at radius 2 is 1.76 bits per heavy atom. The van der Waals surface area contributed by atoms with Crippen LogP contribution in [0.15, 0.2) is 64.4 Å². The second-order valence-corrected chi connectivity index (χ2v) is 8.29. The van der Waals surface area contributed by atoms with E-state index in [2.05, 4.69) is 15.2 Å². The Morgan fingerprint density at radius 3 is 2.42 bits per heavy atom. The zero-order valence-corrected chi connectivity index (χ0v) is 23.2. The molecule has 1 aliphatic carbocycles. The molecule has 0 amide bonds. The predicted molar refractivity (Wildman–Crippen MR) is 149 cm³/mol. The molecule has 1 fully saturated rings. The zero-order valence-electron chi connectivity index (χ0n) is 23.2. The molecular formula is C29H39F3N4O2. The highest BCUT2D eigenvalue weighted by atomic mass is 19.2. The fourth-order valence-corrected chi connectivity index (χ4v) is 3.91. The highest BCUT2D eigenvalue weighted by Crippen LogP contribution is 2.29. The lowest BCUT2D eigenvalue weighted by Gasteiger charge is -2.29. The lowest BCUT2D eigenvalue weighted by atomic mass is 10.1. The minimum atomic E-state index is -1.48. The summed E-state index contributed by atoms with van der Waals surface area (Å²) in [7, 11) is 0. The highest BCUT2D eigenvalue weighted by Gasteiger charge is 2.18. The molecule has 6 nitrogen and oxygen atoms in total. The van der Waals surface area contributed by atoms with Gasteiger partial charge in [0, 0.05) is 42.6 Å². The fraction of sp³-hybridized carbons (Fsp3) is 0.448. The summed E-state index contributed by atoms with van der Waals surface area (Å²) < 4.78 is 48.4. The molecule has 1 aromatic carbocycles. The van der Waals surface area contributed by atoms with Gasteiger partial charge < -0.3 is 19.5 Å². The van der Waals surface area contributed by atoms with Crippen molar-refractivity contribution in [1.82, 2.24) is 9.55 Å². The number of allylic oxidation sites excluding steroid dienone is 6. The molecule has 1 aromatic heterocycles. The lowest BCUT2D eigenvalue weighted by molar-refractivity contribution is 0.122. The van der Waals surface area contributed by atoms with Gasteiger partial charge in [-0.05, 0) is 42.7 Å². The Labute approximate surface area is 223 Å². The SMILES string of the molecule is CC.CC.CCc1cn(CC2=CCC(F)=C(F)C(F)=C2)c(Nc2cc(N3CCOCC3)ccc2C)nc1=O. The van der Waals surface area contributed by atoms with Crippen LogP contribution in [0.5, 0.6) is 0 Å². The van der Waals surface area contributed by atoms with Crippen LogP contribution in [0.1, 0.15) is 52.2 Å². The molecule has 0 unspecified atom stereocenters. The Bertz CT molecular complexity index is 1230. The first-order valence-corrected chi connectivity index (χ1v) is 13.3. The normalized spacial score (nSPS) is 15.3. The number of nitrogens with zero attached hydrogens (tertiary/aromatic N) is 3. The van der Waals surface area contributed by atoms with E-state index in [0.29, 0.717) is 30.8 Å². The molecule has 0 saturated carbocycles. The molecule has 1 saturated heterocycles. The Balaban J connectivity index is 0.00000121. The molecule has 9 heteroatoms. The maximum atomic E-state index is 14.0. The van der Waals surface area contributed by atoms with Crippen molar-refractivity contribution in [3.63, 3.8) is 0 Å². The van der Waals surface area contributed by atoms with Crippen molar-refractivity contribution in [2.45, 2.75) is 60.9 Å². The van der Waals surface area contributed by atoms with Crippen molar-refractivity contribution in [3.8, 4) is 0 Å². The largest absolute Gasteiger partial charge is 0.378 e. The fourth-order valence-electron chi connectivity index (χ4n) is 3.91. The molecule has 4 rings (SSSR count). The van der Waals surface area contributed by atoms with E-state index in [1.165, 1.54) is 6.08 Å². The van der Waals surface area contributed by atoms with Gasteiger partial charge in [-0.3, -0.25) is 4.79 Å². The number of nitrogens with one attached hydrogen (secondary N) is 1. The molecule has 1 N–H and O–H groups in total. The van der Waals surface area contributed by atoms with Crippen molar-refractivity contribution >= 4 is 17.3 Å². The minimum absolute atomic E-state index is 0.0821. The lowest BCUT2D eigenvalue weighted by Crippen LogP contribution is -2.36. The number of ether oxygens (including phenoxy) is 1. The third kappa shape index (κ3) is 7.84. The van der Waals surface area contributed by atoms with Crippen LogP contribution in [0, 0.1) is 6.92 Å². The van der Waals surface area contributed by atoms with Gasteiger partial charge in [-0.2, -0.15) is 4.98 Å². The molecule has 2 aromatic rings. The van der Waals surface area contributed by atoms with Crippen LogP contribution >= 0.6 is 0 Å². The minimum Gasteiger partial charge on any atom is -0.378 e. The molecule has 0 spiro atoms. The van der Waals surface area contributed by atoms with Crippen molar-refractivity contribution in [1.29, 1.82) is 0 Å². The Hall–Kier alpha value is -3.33. The van der Waals surface area contributed by atoms with E-state index in [-0.39, 0.29) is 24.5 Å². The van der Waals surface area contributed by atoms with Crippen LogP contribution in [-0.2, 0) is 17.7 Å². The summed E-state index contributed by atoms with van der Waals surface area (Å²) in [5.41, 5.74) is 3.23. The first kappa shape index (κ1) is 30.9.